The molecule has 0 aliphatic carbocycles. The van der Waals surface area contributed by atoms with Gasteiger partial charge in [0.25, 0.3) is 0 Å². The molecule has 0 fully saturated rings. The Morgan fingerprint density at radius 1 is 1.47 bits per heavy atom. The monoisotopic (exact) mass is 242 g/mol. The molecular formula is C10H17F3OS. The normalized spacial score (nSPS) is 13.9. The zero-order chi connectivity index (χ0) is 11.9. The molecule has 0 aromatic rings. The molecule has 0 aliphatic rings. The molecule has 0 heterocycles. The number of thioether (sulfide) groups is 1. The molecule has 0 bridgehead atoms. The summed E-state index contributed by atoms with van der Waals surface area (Å²) in [5, 5.41) is 0.0613. The minimum Gasteiger partial charge on any atom is -0.287 e. The summed E-state index contributed by atoms with van der Waals surface area (Å²) in [6, 6.07) is 0. The third kappa shape index (κ3) is 10.1. The molecule has 0 rings (SSSR count). The fourth-order valence-electron chi connectivity index (χ4n) is 1.08. The number of rotatable bonds is 7. The average molecular weight is 242 g/mol. The van der Waals surface area contributed by atoms with Crippen molar-refractivity contribution in [2.75, 3.05) is 5.75 Å². The van der Waals surface area contributed by atoms with E-state index in [1.807, 2.05) is 0 Å². The number of halogens is 3. The lowest BCUT2D eigenvalue weighted by molar-refractivity contribution is -0.110. The molecule has 0 aromatic heterocycles. The van der Waals surface area contributed by atoms with Crippen molar-refractivity contribution in [1.82, 2.24) is 0 Å². The van der Waals surface area contributed by atoms with Crippen LogP contribution in [-0.2, 0) is 4.79 Å². The van der Waals surface area contributed by atoms with Gasteiger partial charge in [-0.25, -0.2) is 13.2 Å². The van der Waals surface area contributed by atoms with Crippen molar-refractivity contribution in [3.63, 3.8) is 0 Å². The average Bonchev–Trinajstić information content (AvgIpc) is 2.09. The van der Waals surface area contributed by atoms with E-state index in [2.05, 4.69) is 0 Å². The van der Waals surface area contributed by atoms with Gasteiger partial charge in [0.1, 0.15) is 6.17 Å². The van der Waals surface area contributed by atoms with Crippen molar-refractivity contribution in [3.8, 4) is 0 Å². The summed E-state index contributed by atoms with van der Waals surface area (Å²) in [4.78, 5) is 10.8. The lowest BCUT2D eigenvalue weighted by Crippen LogP contribution is -2.17. The maximum atomic E-state index is 12.9. The fourth-order valence-corrected chi connectivity index (χ4v) is 1.83. The largest absolute Gasteiger partial charge is 0.287 e. The number of carbonyl (C=O) groups is 1. The fraction of sp³-hybridized carbons (Fsp3) is 0.900. The van der Waals surface area contributed by atoms with Crippen LogP contribution in [0.1, 0.15) is 39.5 Å². The van der Waals surface area contributed by atoms with Gasteiger partial charge >= 0.3 is 0 Å². The van der Waals surface area contributed by atoms with E-state index < -0.39 is 18.5 Å². The van der Waals surface area contributed by atoms with Gasteiger partial charge < -0.3 is 0 Å². The molecule has 0 amide bonds. The lowest BCUT2D eigenvalue weighted by Gasteiger charge is -2.13. The highest BCUT2D eigenvalue weighted by atomic mass is 32.2. The Bertz CT molecular complexity index is 192. The maximum Gasteiger partial charge on any atom is 0.248 e. The molecule has 0 aliphatic heterocycles. The Kier molecular flexibility index (Phi) is 7.05. The van der Waals surface area contributed by atoms with Gasteiger partial charge in [-0.3, -0.25) is 4.79 Å². The molecule has 1 nitrogen and oxygen atoms in total. The molecule has 0 aromatic carbocycles. The summed E-state index contributed by atoms with van der Waals surface area (Å²) in [6.45, 7) is 2.47. The van der Waals surface area contributed by atoms with Gasteiger partial charge in [0.2, 0.25) is 5.92 Å². The molecule has 0 saturated heterocycles. The van der Waals surface area contributed by atoms with Crippen molar-refractivity contribution < 1.29 is 18.0 Å². The molecule has 1 unspecified atom stereocenters. The Balaban J connectivity index is 3.47. The van der Waals surface area contributed by atoms with E-state index in [1.165, 1.54) is 0 Å². The van der Waals surface area contributed by atoms with Crippen LogP contribution in [0.25, 0.3) is 0 Å². The van der Waals surface area contributed by atoms with Crippen LogP contribution in [0, 0.1) is 0 Å². The van der Waals surface area contributed by atoms with Crippen molar-refractivity contribution >= 4 is 16.9 Å². The summed E-state index contributed by atoms with van der Waals surface area (Å²) in [5.41, 5.74) is 0. The van der Waals surface area contributed by atoms with Crippen molar-refractivity contribution in [2.45, 2.75) is 51.6 Å². The molecule has 0 radical (unpaired) electrons. The minimum atomic E-state index is -2.94. The van der Waals surface area contributed by atoms with Gasteiger partial charge in [-0.05, 0) is 19.8 Å². The smallest absolute Gasteiger partial charge is 0.248 e. The van der Waals surface area contributed by atoms with Crippen molar-refractivity contribution in [2.24, 2.45) is 0 Å². The summed E-state index contributed by atoms with van der Waals surface area (Å²) in [5.74, 6) is -2.42. The highest BCUT2D eigenvalue weighted by molar-refractivity contribution is 8.13. The predicted octanol–water partition coefficient (Wildman–Crippen LogP) is 3.82. The van der Waals surface area contributed by atoms with Crippen LogP contribution < -0.4 is 0 Å². The zero-order valence-corrected chi connectivity index (χ0v) is 9.88. The number of hydrogen-bond acceptors (Lipinski definition) is 2. The first-order valence-corrected chi connectivity index (χ1v) is 6.01. The van der Waals surface area contributed by atoms with Crippen LogP contribution in [0.2, 0.25) is 0 Å². The maximum absolute atomic E-state index is 12.9. The van der Waals surface area contributed by atoms with Crippen LogP contribution in [0.15, 0.2) is 0 Å². The van der Waals surface area contributed by atoms with E-state index in [4.69, 9.17) is 0 Å². The minimum absolute atomic E-state index is 0.0613. The highest BCUT2D eigenvalue weighted by Gasteiger charge is 2.26. The van der Waals surface area contributed by atoms with Gasteiger partial charge in [-0.15, -0.1) is 0 Å². The van der Waals surface area contributed by atoms with Crippen LogP contribution in [0.5, 0.6) is 0 Å². The van der Waals surface area contributed by atoms with E-state index in [1.54, 1.807) is 6.92 Å². The molecule has 0 spiro atoms. The second-order valence-corrected chi connectivity index (χ2v) is 4.74. The van der Waals surface area contributed by atoms with E-state index >= 15 is 0 Å². The second-order valence-electron chi connectivity index (χ2n) is 3.59. The first kappa shape index (κ1) is 14.8. The van der Waals surface area contributed by atoms with E-state index in [0.29, 0.717) is 18.6 Å². The third-order valence-electron chi connectivity index (χ3n) is 1.79. The predicted molar refractivity (Wildman–Crippen MR) is 57.1 cm³/mol. The Morgan fingerprint density at radius 2 is 2.07 bits per heavy atom. The third-order valence-corrected chi connectivity index (χ3v) is 2.90. The summed E-state index contributed by atoms with van der Waals surface area (Å²) in [7, 11) is 0. The van der Waals surface area contributed by atoms with Crippen LogP contribution in [-0.4, -0.2) is 23.0 Å². The van der Waals surface area contributed by atoms with Crippen LogP contribution >= 0.6 is 11.8 Å². The van der Waals surface area contributed by atoms with Gasteiger partial charge in [-0.1, -0.05) is 18.7 Å². The lowest BCUT2D eigenvalue weighted by atomic mass is 10.1. The molecule has 90 valence electrons. The highest BCUT2D eigenvalue weighted by Crippen LogP contribution is 2.23. The van der Waals surface area contributed by atoms with Crippen LogP contribution in [0.3, 0.4) is 0 Å². The molecule has 0 saturated carbocycles. The number of alkyl halides is 3. The van der Waals surface area contributed by atoms with E-state index in [-0.39, 0.29) is 11.5 Å². The standard InChI is InChI=1S/C10H17F3OS/c1-3-9(14)15-6-4-5-8(11)7-10(2,12)13/h8H,3-7H2,1-2H3. The van der Waals surface area contributed by atoms with E-state index in [9.17, 15) is 18.0 Å². The van der Waals surface area contributed by atoms with E-state index in [0.717, 1.165) is 18.7 Å². The SMILES string of the molecule is CCC(=O)SCCCC(F)CC(C)(F)F. The molecule has 5 heteroatoms. The van der Waals surface area contributed by atoms with Crippen molar-refractivity contribution in [3.05, 3.63) is 0 Å². The quantitative estimate of drug-likeness (QED) is 0.631. The Hall–Kier alpha value is -0.190. The first-order chi connectivity index (χ1) is 6.85. The Morgan fingerprint density at radius 3 is 2.53 bits per heavy atom. The van der Waals surface area contributed by atoms with Gasteiger partial charge in [-0.2, -0.15) is 0 Å². The van der Waals surface area contributed by atoms with Crippen molar-refractivity contribution in [1.29, 1.82) is 0 Å². The summed E-state index contributed by atoms with van der Waals surface area (Å²) >= 11 is 1.14. The van der Waals surface area contributed by atoms with Gasteiger partial charge in [0.05, 0.1) is 0 Å². The first-order valence-electron chi connectivity index (χ1n) is 5.02. The molecule has 15 heavy (non-hydrogen) atoms. The zero-order valence-electron chi connectivity index (χ0n) is 9.06. The van der Waals surface area contributed by atoms with Crippen LogP contribution in [0.4, 0.5) is 13.2 Å². The Labute approximate surface area is 92.8 Å². The van der Waals surface area contributed by atoms with Gasteiger partial charge in [0, 0.05) is 18.6 Å². The van der Waals surface area contributed by atoms with Gasteiger partial charge in [0.15, 0.2) is 5.12 Å². The number of hydrogen-bond donors (Lipinski definition) is 0. The molecule has 0 N–H and O–H groups in total. The second kappa shape index (κ2) is 7.14. The molecular weight excluding hydrogens is 225 g/mol. The molecule has 1 atom stereocenters. The topological polar surface area (TPSA) is 17.1 Å². The summed E-state index contributed by atoms with van der Waals surface area (Å²) in [6.07, 6.45) is -1.17. The summed E-state index contributed by atoms with van der Waals surface area (Å²) < 4.78 is 37.7. The number of carbonyl (C=O) groups excluding carboxylic acids is 1.